The molecule has 0 aliphatic carbocycles. The van der Waals surface area contributed by atoms with Gasteiger partial charge in [0.25, 0.3) is 5.91 Å². The molecule has 0 bridgehead atoms. The van der Waals surface area contributed by atoms with Gasteiger partial charge in [0.2, 0.25) is 5.91 Å². The summed E-state index contributed by atoms with van der Waals surface area (Å²) in [6.45, 7) is 1.89. The van der Waals surface area contributed by atoms with Crippen LogP contribution in [0.4, 0.5) is 0 Å². The zero-order valence-electron chi connectivity index (χ0n) is 11.1. The van der Waals surface area contributed by atoms with Gasteiger partial charge in [0.1, 0.15) is 0 Å². The maximum atomic E-state index is 12.2. The fourth-order valence-corrected chi connectivity index (χ4v) is 3.00. The quantitative estimate of drug-likeness (QED) is 0.757. The number of benzene rings is 1. The summed E-state index contributed by atoms with van der Waals surface area (Å²) >= 11 is 2.17. The van der Waals surface area contributed by atoms with E-state index in [4.69, 9.17) is 5.73 Å². The van der Waals surface area contributed by atoms with E-state index in [1.54, 1.807) is 0 Å². The molecule has 20 heavy (non-hydrogen) atoms. The van der Waals surface area contributed by atoms with Crippen molar-refractivity contribution in [3.8, 4) is 0 Å². The van der Waals surface area contributed by atoms with Crippen LogP contribution in [0.1, 0.15) is 23.2 Å². The monoisotopic (exact) mass is 387 g/mol. The summed E-state index contributed by atoms with van der Waals surface area (Å²) in [6.07, 6.45) is 1.70. The van der Waals surface area contributed by atoms with Crippen LogP contribution in [-0.2, 0) is 4.79 Å². The smallest absolute Gasteiger partial charge is 0.252 e. The third-order valence-corrected chi connectivity index (χ3v) is 4.36. The summed E-state index contributed by atoms with van der Waals surface area (Å²) in [5.74, 6) is -0.324. The SMILES string of the molecule is NC(=O)CN1CCC(NC(=O)c2ccccc2I)CC1. The third kappa shape index (κ3) is 4.17. The lowest BCUT2D eigenvalue weighted by Gasteiger charge is -2.31. The number of likely N-dealkylation sites (tertiary alicyclic amines) is 1. The number of nitrogens with one attached hydrogen (secondary N) is 1. The maximum absolute atomic E-state index is 12.2. The van der Waals surface area contributed by atoms with Crippen LogP contribution in [0.25, 0.3) is 0 Å². The number of hydrogen-bond acceptors (Lipinski definition) is 3. The van der Waals surface area contributed by atoms with Crippen molar-refractivity contribution in [2.75, 3.05) is 19.6 Å². The lowest BCUT2D eigenvalue weighted by atomic mass is 10.0. The molecule has 108 valence electrons. The highest BCUT2D eigenvalue weighted by Crippen LogP contribution is 2.14. The van der Waals surface area contributed by atoms with Crippen molar-refractivity contribution in [1.82, 2.24) is 10.2 Å². The summed E-state index contributed by atoms with van der Waals surface area (Å²) in [5, 5.41) is 3.06. The van der Waals surface area contributed by atoms with Crippen LogP contribution < -0.4 is 11.1 Å². The van der Waals surface area contributed by atoms with Crippen LogP contribution in [0.2, 0.25) is 0 Å². The Morgan fingerprint density at radius 3 is 2.55 bits per heavy atom. The van der Waals surface area contributed by atoms with Gasteiger partial charge in [-0.1, -0.05) is 12.1 Å². The number of nitrogens with zero attached hydrogens (tertiary/aromatic N) is 1. The van der Waals surface area contributed by atoms with Gasteiger partial charge in [-0.3, -0.25) is 14.5 Å². The molecule has 1 aliphatic rings. The number of carbonyl (C=O) groups is 2. The standard InChI is InChI=1S/C14H18IN3O2/c15-12-4-2-1-3-11(12)14(20)17-10-5-7-18(8-6-10)9-13(16)19/h1-4,10H,5-9H2,(H2,16,19)(H,17,20). The van der Waals surface area contributed by atoms with Crippen LogP contribution in [0.5, 0.6) is 0 Å². The Morgan fingerprint density at radius 1 is 1.30 bits per heavy atom. The van der Waals surface area contributed by atoms with E-state index in [-0.39, 0.29) is 17.9 Å². The first kappa shape index (κ1) is 15.2. The van der Waals surface area contributed by atoms with E-state index in [1.807, 2.05) is 29.2 Å². The molecular weight excluding hydrogens is 369 g/mol. The maximum Gasteiger partial charge on any atom is 0.252 e. The van der Waals surface area contributed by atoms with E-state index < -0.39 is 0 Å². The van der Waals surface area contributed by atoms with E-state index in [1.165, 1.54) is 0 Å². The number of rotatable bonds is 4. The van der Waals surface area contributed by atoms with Crippen LogP contribution in [0.3, 0.4) is 0 Å². The molecule has 0 atom stereocenters. The Morgan fingerprint density at radius 2 is 1.95 bits per heavy atom. The van der Waals surface area contributed by atoms with Crippen LogP contribution >= 0.6 is 22.6 Å². The minimum atomic E-state index is -0.300. The van der Waals surface area contributed by atoms with Gasteiger partial charge in [-0.15, -0.1) is 0 Å². The summed E-state index contributed by atoms with van der Waals surface area (Å²) in [6, 6.07) is 7.71. The van der Waals surface area contributed by atoms with E-state index in [0.29, 0.717) is 12.1 Å². The number of piperidine rings is 1. The lowest BCUT2D eigenvalue weighted by molar-refractivity contribution is -0.119. The zero-order chi connectivity index (χ0) is 14.5. The summed E-state index contributed by atoms with van der Waals surface area (Å²) < 4.78 is 0.953. The molecule has 6 heteroatoms. The van der Waals surface area contributed by atoms with Crippen molar-refractivity contribution in [1.29, 1.82) is 0 Å². The van der Waals surface area contributed by atoms with E-state index >= 15 is 0 Å². The highest BCUT2D eigenvalue weighted by molar-refractivity contribution is 14.1. The van der Waals surface area contributed by atoms with Gasteiger partial charge in [0.05, 0.1) is 12.1 Å². The average molecular weight is 387 g/mol. The third-order valence-electron chi connectivity index (χ3n) is 3.42. The summed E-state index contributed by atoms with van der Waals surface area (Å²) in [4.78, 5) is 25.1. The Bertz CT molecular complexity index is 499. The second kappa shape index (κ2) is 7.03. The Labute approximate surface area is 132 Å². The molecule has 0 unspecified atom stereocenters. The molecule has 3 N–H and O–H groups in total. The molecule has 1 aromatic carbocycles. The van der Waals surface area contributed by atoms with Crippen molar-refractivity contribution in [3.05, 3.63) is 33.4 Å². The van der Waals surface area contributed by atoms with Crippen molar-refractivity contribution >= 4 is 34.4 Å². The molecule has 1 aromatic rings. The van der Waals surface area contributed by atoms with Crippen molar-refractivity contribution in [2.24, 2.45) is 5.73 Å². The first-order valence-electron chi connectivity index (χ1n) is 6.62. The topological polar surface area (TPSA) is 75.4 Å². The lowest BCUT2D eigenvalue weighted by Crippen LogP contribution is -2.46. The number of halogens is 1. The second-order valence-corrected chi connectivity index (χ2v) is 6.13. The minimum Gasteiger partial charge on any atom is -0.369 e. The van der Waals surface area contributed by atoms with E-state index in [9.17, 15) is 9.59 Å². The molecule has 2 amide bonds. The average Bonchev–Trinajstić information content (AvgIpc) is 2.41. The van der Waals surface area contributed by atoms with Crippen molar-refractivity contribution in [2.45, 2.75) is 18.9 Å². The molecule has 0 aromatic heterocycles. The molecule has 0 saturated carbocycles. The minimum absolute atomic E-state index is 0.0247. The van der Waals surface area contributed by atoms with Gasteiger partial charge in [0.15, 0.2) is 0 Å². The normalized spacial score (nSPS) is 16.9. The molecule has 1 fully saturated rings. The zero-order valence-corrected chi connectivity index (χ0v) is 13.3. The molecule has 1 aliphatic heterocycles. The van der Waals surface area contributed by atoms with E-state index in [2.05, 4.69) is 27.9 Å². The number of hydrogen-bond donors (Lipinski definition) is 2. The second-order valence-electron chi connectivity index (χ2n) is 4.97. The summed E-state index contributed by atoms with van der Waals surface area (Å²) in [5.41, 5.74) is 5.90. The largest absolute Gasteiger partial charge is 0.369 e. The van der Waals surface area contributed by atoms with Crippen molar-refractivity contribution < 1.29 is 9.59 Å². The Hall–Kier alpha value is -1.15. The predicted molar refractivity (Wildman–Crippen MR) is 85.3 cm³/mol. The summed E-state index contributed by atoms with van der Waals surface area (Å²) in [7, 11) is 0. The van der Waals surface area contributed by atoms with Gasteiger partial charge in [-0.05, 0) is 47.6 Å². The predicted octanol–water partition coefficient (Wildman–Crippen LogP) is 0.971. The number of carbonyl (C=O) groups excluding carboxylic acids is 2. The van der Waals surface area contributed by atoms with Gasteiger partial charge in [0, 0.05) is 22.7 Å². The van der Waals surface area contributed by atoms with Gasteiger partial charge in [-0.25, -0.2) is 0 Å². The fraction of sp³-hybridized carbons (Fsp3) is 0.429. The highest BCUT2D eigenvalue weighted by atomic mass is 127. The molecular formula is C14H18IN3O2. The number of nitrogens with two attached hydrogens (primary N) is 1. The molecule has 0 spiro atoms. The van der Waals surface area contributed by atoms with E-state index in [0.717, 1.165) is 29.5 Å². The molecule has 5 nitrogen and oxygen atoms in total. The van der Waals surface area contributed by atoms with Gasteiger partial charge >= 0.3 is 0 Å². The van der Waals surface area contributed by atoms with Crippen molar-refractivity contribution in [3.63, 3.8) is 0 Å². The highest BCUT2D eigenvalue weighted by Gasteiger charge is 2.22. The van der Waals surface area contributed by atoms with Crippen LogP contribution in [-0.4, -0.2) is 42.4 Å². The van der Waals surface area contributed by atoms with Gasteiger partial charge in [-0.2, -0.15) is 0 Å². The first-order valence-corrected chi connectivity index (χ1v) is 7.70. The van der Waals surface area contributed by atoms with Gasteiger partial charge < -0.3 is 11.1 Å². The Balaban J connectivity index is 1.85. The molecule has 2 rings (SSSR count). The number of primary amides is 1. The Kier molecular flexibility index (Phi) is 5.36. The van der Waals surface area contributed by atoms with Crippen LogP contribution in [0.15, 0.2) is 24.3 Å². The molecule has 1 heterocycles. The number of amides is 2. The first-order chi connectivity index (χ1) is 9.56. The molecule has 1 saturated heterocycles. The molecule has 0 radical (unpaired) electrons. The fourth-order valence-electron chi connectivity index (χ4n) is 2.36. The van der Waals surface area contributed by atoms with Crippen LogP contribution in [0, 0.1) is 3.57 Å².